The Morgan fingerprint density at radius 3 is 2.12 bits per heavy atom. The summed E-state index contributed by atoms with van der Waals surface area (Å²) in [6, 6.07) is 12.9. The summed E-state index contributed by atoms with van der Waals surface area (Å²) < 4.78 is 24.4. The van der Waals surface area contributed by atoms with E-state index in [0.29, 0.717) is 10.0 Å². The monoisotopic (exact) mass is 285 g/mol. The van der Waals surface area contributed by atoms with Crippen LogP contribution in [-0.2, 0) is 9.84 Å². The van der Waals surface area contributed by atoms with E-state index in [9.17, 15) is 8.42 Å². The van der Waals surface area contributed by atoms with E-state index in [1.54, 1.807) is 0 Å². The Kier molecular flexibility index (Phi) is 3.43. The van der Waals surface area contributed by atoms with Crippen molar-refractivity contribution in [1.82, 2.24) is 0 Å². The number of halogens is 2. The van der Waals surface area contributed by atoms with Gasteiger partial charge in [0.2, 0.25) is 9.84 Å². The van der Waals surface area contributed by atoms with Gasteiger partial charge in [0.25, 0.3) is 0 Å². The third kappa shape index (κ3) is 2.63. The molecule has 0 fully saturated rings. The molecule has 87 valence electrons. The molecule has 2 rings (SSSR count). The molecule has 0 aliphatic rings. The molecule has 2 aromatic rings. The van der Waals surface area contributed by atoms with Gasteiger partial charge in [0, 0.05) is 10.0 Å². The van der Waals surface area contributed by atoms with Crippen molar-refractivity contribution in [2.75, 3.05) is 0 Å². The second-order valence-corrected chi connectivity index (χ2v) is 6.17. The summed E-state index contributed by atoms with van der Waals surface area (Å²) in [5, 5.41) is 0.821. The molecule has 0 bridgehead atoms. The number of sulfone groups is 1. The predicted octanol–water partition coefficient (Wildman–Crippen LogP) is 3.63. The summed E-state index contributed by atoms with van der Waals surface area (Å²) in [5.41, 5.74) is 0. The van der Waals surface area contributed by atoms with Crippen LogP contribution in [0.4, 0.5) is 0 Å². The fraction of sp³-hybridized carbons (Fsp3) is 0. The molecule has 5 heteroatoms. The topological polar surface area (TPSA) is 34.1 Å². The van der Waals surface area contributed by atoms with E-state index in [1.165, 1.54) is 42.5 Å². The van der Waals surface area contributed by atoms with E-state index in [2.05, 4.69) is 6.07 Å². The lowest BCUT2D eigenvalue weighted by atomic mass is 10.4. The maximum Gasteiger partial charge on any atom is 0.206 e. The minimum absolute atomic E-state index is 0.118. The van der Waals surface area contributed by atoms with Crippen LogP contribution < -0.4 is 0 Å². The highest BCUT2D eigenvalue weighted by Gasteiger charge is 2.17. The molecule has 0 saturated heterocycles. The Hall–Kier alpha value is -1.03. The lowest BCUT2D eigenvalue weighted by molar-refractivity contribution is 0.596. The molecular weight excluding hydrogens is 279 g/mol. The van der Waals surface area contributed by atoms with Gasteiger partial charge in [0.05, 0.1) is 9.79 Å². The van der Waals surface area contributed by atoms with Crippen LogP contribution in [0, 0.1) is 6.07 Å². The average Bonchev–Trinajstić information content (AvgIpc) is 2.29. The first-order chi connectivity index (χ1) is 8.00. The first kappa shape index (κ1) is 12.4. The Balaban J connectivity index is 2.54. The molecular formula is C12H7Cl2O2S. The molecule has 0 unspecified atom stereocenters. The second-order valence-electron chi connectivity index (χ2n) is 3.34. The fourth-order valence-electron chi connectivity index (χ4n) is 1.33. The van der Waals surface area contributed by atoms with Gasteiger partial charge in [-0.25, -0.2) is 8.42 Å². The summed E-state index contributed by atoms with van der Waals surface area (Å²) >= 11 is 11.5. The molecule has 0 spiro atoms. The molecule has 2 nitrogen and oxygen atoms in total. The molecule has 17 heavy (non-hydrogen) atoms. The number of hydrogen-bond donors (Lipinski definition) is 0. The highest BCUT2D eigenvalue weighted by molar-refractivity contribution is 7.91. The van der Waals surface area contributed by atoms with Gasteiger partial charge in [0.15, 0.2) is 0 Å². The molecule has 0 saturated carbocycles. The van der Waals surface area contributed by atoms with Crippen molar-refractivity contribution < 1.29 is 8.42 Å². The van der Waals surface area contributed by atoms with Crippen LogP contribution in [0.5, 0.6) is 0 Å². The maximum atomic E-state index is 12.2. The minimum atomic E-state index is -3.55. The first-order valence-electron chi connectivity index (χ1n) is 4.67. The van der Waals surface area contributed by atoms with Gasteiger partial charge in [-0.05, 0) is 48.5 Å². The van der Waals surface area contributed by atoms with Crippen LogP contribution in [0.3, 0.4) is 0 Å². The van der Waals surface area contributed by atoms with Crippen molar-refractivity contribution in [2.24, 2.45) is 0 Å². The molecule has 0 atom stereocenters. The molecule has 0 amide bonds. The van der Waals surface area contributed by atoms with E-state index >= 15 is 0 Å². The summed E-state index contributed by atoms with van der Waals surface area (Å²) in [7, 11) is -3.55. The quantitative estimate of drug-likeness (QED) is 0.844. The minimum Gasteiger partial charge on any atom is -0.219 e. The Bertz CT molecular complexity index is 634. The highest BCUT2D eigenvalue weighted by atomic mass is 35.5. The van der Waals surface area contributed by atoms with Gasteiger partial charge in [-0.2, -0.15) is 0 Å². The van der Waals surface area contributed by atoms with E-state index in [0.717, 1.165) is 0 Å². The number of rotatable bonds is 2. The number of hydrogen-bond acceptors (Lipinski definition) is 2. The average molecular weight is 286 g/mol. The van der Waals surface area contributed by atoms with Crippen molar-refractivity contribution in [3.8, 4) is 0 Å². The van der Waals surface area contributed by atoms with Crippen molar-refractivity contribution in [3.05, 3.63) is 58.6 Å². The molecule has 0 aliphatic carbocycles. The maximum absolute atomic E-state index is 12.2. The summed E-state index contributed by atoms with van der Waals surface area (Å²) in [4.78, 5) is 0.296. The lowest BCUT2D eigenvalue weighted by Gasteiger charge is -2.04. The summed E-state index contributed by atoms with van der Waals surface area (Å²) in [6.07, 6.45) is 0. The van der Waals surface area contributed by atoms with Crippen LogP contribution in [0.2, 0.25) is 10.0 Å². The van der Waals surface area contributed by atoms with E-state index in [4.69, 9.17) is 23.2 Å². The van der Waals surface area contributed by atoms with Gasteiger partial charge in [0.1, 0.15) is 0 Å². The van der Waals surface area contributed by atoms with E-state index in [1.807, 2.05) is 0 Å². The molecule has 0 aromatic heterocycles. The molecule has 0 N–H and O–H groups in total. The van der Waals surface area contributed by atoms with Crippen LogP contribution in [0.25, 0.3) is 0 Å². The zero-order valence-corrected chi connectivity index (χ0v) is 10.9. The zero-order chi connectivity index (χ0) is 12.5. The SMILES string of the molecule is O=S(=O)(c1ccc(Cl)cc1)c1c[c]cc(Cl)c1. The first-order valence-corrected chi connectivity index (χ1v) is 6.91. The largest absolute Gasteiger partial charge is 0.219 e. The van der Waals surface area contributed by atoms with Crippen LogP contribution in [0.15, 0.2) is 52.3 Å². The van der Waals surface area contributed by atoms with Crippen LogP contribution >= 0.6 is 23.2 Å². The summed E-state index contributed by atoms with van der Waals surface area (Å²) in [5.74, 6) is 0. The van der Waals surface area contributed by atoms with E-state index < -0.39 is 9.84 Å². The smallest absolute Gasteiger partial charge is 0.206 e. The van der Waals surface area contributed by atoms with Gasteiger partial charge < -0.3 is 0 Å². The normalized spacial score (nSPS) is 11.4. The van der Waals surface area contributed by atoms with Crippen LogP contribution in [0.1, 0.15) is 0 Å². The molecule has 2 aromatic carbocycles. The number of benzene rings is 2. The highest BCUT2D eigenvalue weighted by Crippen LogP contribution is 2.24. The van der Waals surface area contributed by atoms with Gasteiger partial charge in [-0.1, -0.05) is 23.2 Å². The molecule has 0 heterocycles. The third-order valence-electron chi connectivity index (χ3n) is 2.16. The summed E-state index contributed by atoms with van der Waals surface area (Å²) in [6.45, 7) is 0. The van der Waals surface area contributed by atoms with Crippen molar-refractivity contribution in [3.63, 3.8) is 0 Å². The standard InChI is InChI=1S/C12H7Cl2O2S/c13-9-4-6-11(7-5-9)17(15,16)12-3-1-2-10(14)8-12/h2-8H. The third-order valence-corrected chi connectivity index (χ3v) is 4.38. The van der Waals surface area contributed by atoms with Gasteiger partial charge in [-0.3, -0.25) is 0 Å². The molecule has 0 aliphatic heterocycles. The van der Waals surface area contributed by atoms with Crippen molar-refractivity contribution in [2.45, 2.75) is 9.79 Å². The lowest BCUT2D eigenvalue weighted by Crippen LogP contribution is -2.01. The molecule has 1 radical (unpaired) electrons. The fourth-order valence-corrected chi connectivity index (χ4v) is 2.97. The second kappa shape index (κ2) is 4.69. The van der Waals surface area contributed by atoms with Crippen molar-refractivity contribution in [1.29, 1.82) is 0 Å². The zero-order valence-electron chi connectivity index (χ0n) is 8.52. The van der Waals surface area contributed by atoms with Gasteiger partial charge in [-0.15, -0.1) is 0 Å². The Labute approximate surface area is 110 Å². The Morgan fingerprint density at radius 2 is 1.53 bits per heavy atom. The van der Waals surface area contributed by atoms with Crippen molar-refractivity contribution >= 4 is 33.0 Å². The van der Waals surface area contributed by atoms with Gasteiger partial charge >= 0.3 is 0 Å². The Morgan fingerprint density at radius 1 is 0.882 bits per heavy atom. The van der Waals surface area contributed by atoms with Crippen LogP contribution in [-0.4, -0.2) is 8.42 Å². The van der Waals surface area contributed by atoms with E-state index in [-0.39, 0.29) is 9.79 Å². The predicted molar refractivity (Wildman–Crippen MR) is 67.2 cm³/mol.